The smallest absolute Gasteiger partial charge is 0.534 e. The lowest BCUT2D eigenvalue weighted by atomic mass is 9.72. The second-order valence-electron chi connectivity index (χ2n) is 7.94. The summed E-state index contributed by atoms with van der Waals surface area (Å²) in [6.45, 7) is -0.167. The Morgan fingerprint density at radius 1 is 1.31 bits per heavy atom. The number of carbonyl (C=O) groups excluding carboxylic acids is 2. The van der Waals surface area contributed by atoms with E-state index in [4.69, 9.17) is 10.4 Å². The van der Waals surface area contributed by atoms with E-state index in [1.165, 1.54) is 17.5 Å². The second-order valence-corrected chi connectivity index (χ2v) is 10.7. The van der Waals surface area contributed by atoms with Gasteiger partial charge in [0.1, 0.15) is 5.75 Å². The van der Waals surface area contributed by atoms with Crippen molar-refractivity contribution in [2.75, 3.05) is 18.8 Å². The van der Waals surface area contributed by atoms with Crippen LogP contribution in [0.25, 0.3) is 0 Å². The maximum Gasteiger partial charge on any atom is 0.547 e. The molecule has 0 radical (unpaired) electrons. The molecule has 1 fully saturated rings. The molecule has 0 aliphatic carbocycles. The number of nitrogens with two attached hydrogens (primary N) is 1. The van der Waals surface area contributed by atoms with Crippen molar-refractivity contribution < 1.29 is 43.5 Å². The summed E-state index contributed by atoms with van der Waals surface area (Å²) in [7, 11) is -5.60. The van der Waals surface area contributed by atoms with Crippen molar-refractivity contribution in [3.05, 3.63) is 40.4 Å². The zero-order chi connectivity index (χ0) is 26.2. The lowest BCUT2D eigenvalue weighted by Crippen LogP contribution is -2.57. The largest absolute Gasteiger partial charge is 0.547 e. The molecule has 36 heavy (non-hydrogen) atoms. The van der Waals surface area contributed by atoms with E-state index in [2.05, 4.69) is 15.6 Å². The van der Waals surface area contributed by atoms with Gasteiger partial charge in [0.25, 0.3) is 0 Å². The van der Waals surface area contributed by atoms with Gasteiger partial charge >= 0.3 is 19.1 Å². The van der Waals surface area contributed by atoms with Gasteiger partial charge in [-0.1, -0.05) is 16.6 Å². The van der Waals surface area contributed by atoms with Gasteiger partial charge in [-0.15, -0.1) is 11.3 Å². The van der Waals surface area contributed by atoms with Gasteiger partial charge in [-0.2, -0.15) is 0 Å². The van der Waals surface area contributed by atoms with Crippen LogP contribution in [0, 0.1) is 0 Å². The summed E-state index contributed by atoms with van der Waals surface area (Å²) in [6.07, 6.45) is 0.263. The Morgan fingerprint density at radius 2 is 2.06 bits per heavy atom. The first-order chi connectivity index (χ1) is 17.0. The number of carboxylic acids is 1. The fourth-order valence-electron chi connectivity index (χ4n) is 3.81. The average molecular weight is 542 g/mol. The molecule has 0 bridgehead atoms. The zero-order valence-electron chi connectivity index (χ0n) is 18.5. The maximum absolute atomic E-state index is 13.2. The highest BCUT2D eigenvalue weighted by Crippen LogP contribution is 2.48. The minimum absolute atomic E-state index is 0.0102. The van der Waals surface area contributed by atoms with Gasteiger partial charge in [-0.3, -0.25) is 19.1 Å². The van der Waals surface area contributed by atoms with E-state index in [0.29, 0.717) is 9.87 Å². The van der Waals surface area contributed by atoms with Gasteiger partial charge in [0, 0.05) is 18.5 Å². The maximum atomic E-state index is 13.2. The Morgan fingerprint density at radius 3 is 2.72 bits per heavy atom. The number of amides is 3. The summed E-state index contributed by atoms with van der Waals surface area (Å²) < 4.78 is 26.6. The van der Waals surface area contributed by atoms with Crippen LogP contribution in [0.3, 0.4) is 0 Å². The van der Waals surface area contributed by atoms with E-state index in [0.717, 1.165) is 11.3 Å². The summed E-state index contributed by atoms with van der Waals surface area (Å²) in [5.41, 5.74) is 6.03. The molecule has 2 aliphatic heterocycles. The molecular formula is C18H23BN6O9S2. The van der Waals surface area contributed by atoms with Crippen molar-refractivity contribution in [2.45, 2.75) is 24.8 Å². The Bertz CT molecular complexity index is 1180. The minimum Gasteiger partial charge on any atom is -0.534 e. The van der Waals surface area contributed by atoms with Crippen LogP contribution in [0.4, 0.5) is 9.93 Å². The molecule has 1 saturated heterocycles. The van der Waals surface area contributed by atoms with Gasteiger partial charge < -0.3 is 31.2 Å². The fourth-order valence-corrected chi connectivity index (χ4v) is 5.65. The topological polar surface area (TPSA) is 231 Å². The number of nitrogens with zero attached hydrogens (tertiary/aromatic N) is 3. The Kier molecular flexibility index (Phi) is 7.27. The van der Waals surface area contributed by atoms with Crippen molar-refractivity contribution in [2.24, 2.45) is 0 Å². The number of urea groups is 1. The molecule has 9 N–H and O–H groups in total. The number of nitrogens with one attached hydrogen (secondary N) is 2. The van der Waals surface area contributed by atoms with E-state index in [-0.39, 0.29) is 52.5 Å². The number of hydrogen-bond donors (Lipinski definition) is 8. The van der Waals surface area contributed by atoms with E-state index < -0.39 is 48.0 Å². The van der Waals surface area contributed by atoms with Gasteiger partial charge in [0.2, 0.25) is 5.91 Å². The first kappa shape index (κ1) is 26.0. The number of rotatable bonds is 5. The summed E-state index contributed by atoms with van der Waals surface area (Å²) in [5.74, 6) is -3.10. The summed E-state index contributed by atoms with van der Waals surface area (Å²) in [5, 5.41) is 36.0. The van der Waals surface area contributed by atoms with Crippen LogP contribution in [0.5, 0.6) is 5.75 Å². The summed E-state index contributed by atoms with van der Waals surface area (Å²) >= 11 is 1.00. The van der Waals surface area contributed by atoms with Crippen molar-refractivity contribution >= 4 is 52.5 Å². The van der Waals surface area contributed by atoms with Crippen LogP contribution >= 0.6 is 22.3 Å². The van der Waals surface area contributed by atoms with Crippen LogP contribution in [-0.4, -0.2) is 82.3 Å². The molecule has 18 heteroatoms. The summed E-state index contributed by atoms with van der Waals surface area (Å²) in [6, 6.07) is 1.90. The molecule has 0 spiro atoms. The van der Waals surface area contributed by atoms with E-state index >= 15 is 0 Å². The molecule has 2 atom stereocenters. The Labute approximate surface area is 210 Å². The number of aromatic carboxylic acids is 1. The zero-order valence-corrected chi connectivity index (χ0v) is 20.1. The number of aromatic nitrogens is 1. The third-order valence-corrected chi connectivity index (χ3v) is 7.94. The molecule has 194 valence electrons. The quantitative estimate of drug-likeness (QED) is 0.238. The predicted molar refractivity (Wildman–Crippen MR) is 128 cm³/mol. The fraction of sp³-hybridized carbons (Fsp3) is 0.333. The SMILES string of the molecule is Nc1nc(C(NC(=O)N2CCCN(O)S2(O)O)C(=O)N[C@H]2Cc3cccc(C(=O)O)c3OB2O)cs1. The Hall–Kier alpha value is -3.13. The van der Waals surface area contributed by atoms with Gasteiger partial charge in [-0.25, -0.2) is 18.9 Å². The average Bonchev–Trinajstić information content (AvgIpc) is 3.24. The van der Waals surface area contributed by atoms with Crippen LogP contribution in [-0.2, 0) is 11.2 Å². The van der Waals surface area contributed by atoms with Crippen molar-refractivity contribution in [3.8, 4) is 5.75 Å². The van der Waals surface area contributed by atoms with Crippen LogP contribution in [0.2, 0.25) is 0 Å². The standard InChI is InChI=1S/C18H23BN6O9S2/c20-17-21-11(8-35-17)13(23-18(29)24-5-2-6-25(31)36(24,32)33)15(26)22-12-7-9-3-1-4-10(16(27)28)14(9)34-19(12)30/h1,3-4,8,12-13,30-33H,2,5-7H2,(H2,20,21)(H,22,26)(H,23,29)(H,27,28)/t12-,13?/m0/s1. The first-order valence-electron chi connectivity index (χ1n) is 10.5. The number of fused-ring (bicyclic) bond motifs is 1. The van der Waals surface area contributed by atoms with Crippen LogP contribution in [0.15, 0.2) is 23.6 Å². The second kappa shape index (κ2) is 10.1. The minimum atomic E-state index is -4.00. The highest BCUT2D eigenvalue weighted by Gasteiger charge is 2.41. The highest BCUT2D eigenvalue weighted by molar-refractivity contribution is 8.20. The van der Waals surface area contributed by atoms with Gasteiger partial charge in [0.15, 0.2) is 11.2 Å². The van der Waals surface area contributed by atoms with E-state index in [1.54, 1.807) is 6.07 Å². The Balaban J connectivity index is 1.54. The highest BCUT2D eigenvalue weighted by atomic mass is 32.3. The predicted octanol–water partition coefficient (Wildman–Crippen LogP) is 0.291. The number of anilines is 1. The molecule has 1 unspecified atom stereocenters. The molecule has 2 aromatic rings. The number of thiazole rings is 1. The molecule has 2 aliphatic rings. The number of carboxylic acid groups (broad SMARTS) is 1. The number of benzene rings is 1. The van der Waals surface area contributed by atoms with Gasteiger partial charge in [0.05, 0.1) is 17.2 Å². The number of nitrogen functional groups attached to an aromatic ring is 1. The first-order valence-corrected chi connectivity index (χ1v) is 12.9. The third kappa shape index (κ3) is 5.05. The monoisotopic (exact) mass is 542 g/mol. The van der Waals surface area contributed by atoms with Crippen molar-refractivity contribution in [1.82, 2.24) is 24.4 Å². The molecule has 15 nitrogen and oxygen atoms in total. The number of hydrogen-bond acceptors (Lipinski definition) is 12. The molecule has 0 saturated carbocycles. The van der Waals surface area contributed by atoms with Crippen LogP contribution in [0.1, 0.15) is 34.1 Å². The molecule has 1 aromatic carbocycles. The summed E-state index contributed by atoms with van der Waals surface area (Å²) in [4.78, 5) is 41.6. The van der Waals surface area contributed by atoms with Gasteiger partial charge in [-0.05, 0) is 35.4 Å². The molecule has 1 aromatic heterocycles. The number of para-hydroxylation sites is 1. The number of hydroxylamine groups is 1. The number of carbonyl (C=O) groups is 3. The van der Waals surface area contributed by atoms with Crippen molar-refractivity contribution in [1.29, 1.82) is 0 Å². The lowest BCUT2D eigenvalue weighted by Gasteiger charge is -2.49. The normalized spacial score (nSPS) is 21.1. The molecular weight excluding hydrogens is 519 g/mol. The van der Waals surface area contributed by atoms with Crippen molar-refractivity contribution in [3.63, 3.8) is 0 Å². The van der Waals surface area contributed by atoms with E-state index in [9.17, 15) is 38.8 Å². The lowest BCUT2D eigenvalue weighted by molar-refractivity contribution is -0.123. The third-order valence-electron chi connectivity index (χ3n) is 5.56. The molecule has 3 amide bonds. The van der Waals surface area contributed by atoms with Crippen LogP contribution < -0.4 is 21.0 Å². The molecule has 4 rings (SSSR count). The molecule has 3 heterocycles. The van der Waals surface area contributed by atoms with E-state index in [1.807, 2.05) is 0 Å².